The van der Waals surface area contributed by atoms with Crippen LogP contribution in [0.25, 0.3) is 0 Å². The Hall–Kier alpha value is -0.120. The van der Waals surface area contributed by atoms with Gasteiger partial charge in [-0.1, -0.05) is 0 Å². The Labute approximate surface area is 49.4 Å². The monoisotopic (exact) mass is 117 g/mol. The Balaban J connectivity index is 2.28. The van der Waals surface area contributed by atoms with E-state index >= 15 is 0 Å². The van der Waals surface area contributed by atoms with E-state index < -0.39 is 0 Å². The molecule has 1 rings (SSSR count). The van der Waals surface area contributed by atoms with E-state index in [1.165, 1.54) is 4.90 Å². The molecule has 48 valence electrons. The van der Waals surface area contributed by atoms with Crippen LogP contribution in [-0.2, 0) is 4.74 Å². The van der Waals surface area contributed by atoms with Gasteiger partial charge in [0.15, 0.2) is 6.17 Å². The number of hydrogen-bond acceptors (Lipinski definition) is 2. The zero-order valence-corrected chi connectivity index (χ0v) is 5.18. The zero-order valence-electron chi connectivity index (χ0n) is 5.18. The van der Waals surface area contributed by atoms with Gasteiger partial charge in [-0.05, 0) is 0 Å². The maximum absolute atomic E-state index is 5.62. The highest BCUT2D eigenvalue weighted by atomic mass is 16.5. The highest BCUT2D eigenvalue weighted by Crippen LogP contribution is 1.77. The molecule has 1 fully saturated rings. The normalized spacial score (nSPS) is 39.8. The van der Waals surface area contributed by atoms with E-state index in [-0.39, 0.29) is 6.17 Å². The summed E-state index contributed by atoms with van der Waals surface area (Å²) in [6.45, 7) is 2.62. The molecule has 1 saturated heterocycles. The average Bonchev–Trinajstić information content (AvgIpc) is 1.77. The lowest BCUT2D eigenvalue weighted by Gasteiger charge is -2.25. The molecule has 0 bridgehead atoms. The van der Waals surface area contributed by atoms with E-state index in [1.807, 2.05) is 0 Å². The van der Waals surface area contributed by atoms with Gasteiger partial charge in [0, 0.05) is 0 Å². The second kappa shape index (κ2) is 2.44. The third-order valence-corrected chi connectivity index (χ3v) is 1.57. The minimum absolute atomic E-state index is 0.198. The van der Waals surface area contributed by atoms with Crippen LogP contribution in [0.15, 0.2) is 0 Å². The number of nitrogens with one attached hydrogen (secondary N) is 1. The lowest BCUT2D eigenvalue weighted by molar-refractivity contribution is -0.914. The van der Waals surface area contributed by atoms with Gasteiger partial charge in [-0.15, -0.1) is 0 Å². The average molecular weight is 117 g/mol. The molecule has 0 aromatic rings. The number of likely N-dealkylation sites (N-methyl/N-ethyl adjacent to an activating group) is 1. The van der Waals surface area contributed by atoms with E-state index in [0.717, 1.165) is 13.2 Å². The molecule has 0 saturated carbocycles. The molecule has 3 N–H and O–H groups in total. The van der Waals surface area contributed by atoms with Crippen molar-refractivity contribution >= 4 is 0 Å². The molecule has 8 heavy (non-hydrogen) atoms. The van der Waals surface area contributed by atoms with Crippen LogP contribution in [0.4, 0.5) is 0 Å². The van der Waals surface area contributed by atoms with Gasteiger partial charge in [0.05, 0.1) is 13.7 Å². The predicted octanol–water partition coefficient (Wildman–Crippen LogP) is -2.18. The third kappa shape index (κ3) is 1.18. The molecule has 2 atom stereocenters. The minimum Gasteiger partial charge on any atom is -0.368 e. The number of nitrogens with two attached hydrogens (primary N) is 1. The predicted molar refractivity (Wildman–Crippen MR) is 30.5 cm³/mol. The molecule has 0 radical (unpaired) electrons. The number of morpholine rings is 1. The molecule has 0 aromatic heterocycles. The summed E-state index contributed by atoms with van der Waals surface area (Å²) in [7, 11) is 2.09. The number of quaternary nitrogens is 1. The maximum atomic E-state index is 5.62. The van der Waals surface area contributed by atoms with Crippen LogP contribution in [-0.4, -0.2) is 33.0 Å². The van der Waals surface area contributed by atoms with Gasteiger partial charge in [-0.25, -0.2) is 0 Å². The second-order valence-electron chi connectivity index (χ2n) is 2.28. The van der Waals surface area contributed by atoms with Gasteiger partial charge in [0.25, 0.3) is 0 Å². The first kappa shape index (κ1) is 6.01. The highest BCUT2D eigenvalue weighted by molar-refractivity contribution is 4.45. The molecule has 2 unspecified atom stereocenters. The molecule has 0 aromatic carbocycles. The summed E-state index contributed by atoms with van der Waals surface area (Å²) in [4.78, 5) is 1.37. The van der Waals surface area contributed by atoms with Gasteiger partial charge in [0.1, 0.15) is 13.2 Å². The molecule has 1 aliphatic rings. The zero-order chi connectivity index (χ0) is 5.98. The molecular weight excluding hydrogens is 104 g/mol. The Morgan fingerprint density at radius 2 is 2.50 bits per heavy atom. The first-order valence-electron chi connectivity index (χ1n) is 2.96. The topological polar surface area (TPSA) is 39.7 Å². The number of rotatable bonds is 0. The fraction of sp³-hybridized carbons (Fsp3) is 1.00. The Bertz CT molecular complexity index is 66.8. The summed E-state index contributed by atoms with van der Waals surface area (Å²) in [5, 5.41) is 0. The fourth-order valence-electron chi connectivity index (χ4n) is 0.771. The minimum atomic E-state index is 0.198. The summed E-state index contributed by atoms with van der Waals surface area (Å²) in [6.07, 6.45) is 0.198. The van der Waals surface area contributed by atoms with Crippen molar-refractivity contribution in [3.63, 3.8) is 0 Å². The van der Waals surface area contributed by atoms with Gasteiger partial charge >= 0.3 is 0 Å². The fourth-order valence-corrected chi connectivity index (χ4v) is 0.771. The molecule has 3 heteroatoms. The van der Waals surface area contributed by atoms with Crippen molar-refractivity contribution in [1.29, 1.82) is 0 Å². The molecule has 0 amide bonds. The van der Waals surface area contributed by atoms with Crippen molar-refractivity contribution < 1.29 is 9.64 Å². The van der Waals surface area contributed by atoms with Crippen molar-refractivity contribution in [1.82, 2.24) is 0 Å². The van der Waals surface area contributed by atoms with Gasteiger partial charge in [-0.2, -0.15) is 0 Å². The van der Waals surface area contributed by atoms with E-state index in [9.17, 15) is 0 Å². The quantitative estimate of drug-likeness (QED) is 0.378. The Morgan fingerprint density at radius 3 is 2.88 bits per heavy atom. The van der Waals surface area contributed by atoms with Crippen LogP contribution in [0.1, 0.15) is 0 Å². The van der Waals surface area contributed by atoms with Gasteiger partial charge in [-0.3, -0.25) is 5.73 Å². The van der Waals surface area contributed by atoms with Crippen LogP contribution < -0.4 is 10.6 Å². The van der Waals surface area contributed by atoms with Gasteiger partial charge in [0.2, 0.25) is 0 Å². The van der Waals surface area contributed by atoms with Crippen molar-refractivity contribution in [3.05, 3.63) is 0 Å². The second-order valence-corrected chi connectivity index (χ2v) is 2.28. The molecule has 1 heterocycles. The summed E-state index contributed by atoms with van der Waals surface area (Å²) in [5.41, 5.74) is 5.62. The van der Waals surface area contributed by atoms with Crippen molar-refractivity contribution in [3.8, 4) is 0 Å². The van der Waals surface area contributed by atoms with E-state index in [2.05, 4.69) is 7.05 Å². The van der Waals surface area contributed by atoms with E-state index in [0.29, 0.717) is 6.61 Å². The van der Waals surface area contributed by atoms with E-state index in [4.69, 9.17) is 10.5 Å². The Kier molecular flexibility index (Phi) is 1.83. The first-order chi connectivity index (χ1) is 3.80. The molecule has 0 spiro atoms. The van der Waals surface area contributed by atoms with Crippen LogP contribution in [0.2, 0.25) is 0 Å². The number of ether oxygens (including phenoxy) is 1. The van der Waals surface area contributed by atoms with Crippen molar-refractivity contribution in [2.45, 2.75) is 6.17 Å². The number of hydrogen-bond donors (Lipinski definition) is 2. The standard InChI is InChI=1S/C5H12N2O/c1-7-2-3-8-4-5(7)6/h5H,2-4,6H2,1H3/p+1. The smallest absolute Gasteiger partial charge is 0.162 e. The van der Waals surface area contributed by atoms with Gasteiger partial charge < -0.3 is 9.64 Å². The maximum Gasteiger partial charge on any atom is 0.162 e. The van der Waals surface area contributed by atoms with Crippen molar-refractivity contribution in [2.24, 2.45) is 5.73 Å². The lowest BCUT2D eigenvalue weighted by Crippen LogP contribution is -3.17. The highest BCUT2D eigenvalue weighted by Gasteiger charge is 2.17. The molecule has 1 aliphatic heterocycles. The summed E-state index contributed by atoms with van der Waals surface area (Å²) in [5.74, 6) is 0. The molecule has 0 aliphatic carbocycles. The molecule has 3 nitrogen and oxygen atoms in total. The third-order valence-electron chi connectivity index (χ3n) is 1.57. The molecular formula is C5H13N2O+. The first-order valence-corrected chi connectivity index (χ1v) is 2.96. The van der Waals surface area contributed by atoms with E-state index in [1.54, 1.807) is 0 Å². The van der Waals surface area contributed by atoms with Crippen LogP contribution in [0.3, 0.4) is 0 Å². The SMILES string of the molecule is C[NH+]1CCOCC1N. The van der Waals surface area contributed by atoms with Crippen LogP contribution >= 0.6 is 0 Å². The Morgan fingerprint density at radius 1 is 1.75 bits per heavy atom. The lowest BCUT2D eigenvalue weighted by atomic mass is 10.4. The summed E-state index contributed by atoms with van der Waals surface area (Å²) < 4.78 is 5.11. The van der Waals surface area contributed by atoms with Crippen LogP contribution in [0.5, 0.6) is 0 Å². The largest absolute Gasteiger partial charge is 0.368 e. The van der Waals surface area contributed by atoms with Crippen molar-refractivity contribution in [2.75, 3.05) is 26.8 Å². The summed E-state index contributed by atoms with van der Waals surface area (Å²) in [6, 6.07) is 0. The van der Waals surface area contributed by atoms with Crippen LogP contribution in [0, 0.1) is 0 Å². The summed E-state index contributed by atoms with van der Waals surface area (Å²) >= 11 is 0.